The minimum Gasteiger partial charge on any atom is -0.456 e. The van der Waals surface area contributed by atoms with Gasteiger partial charge in [-0.3, -0.25) is 0 Å². The second kappa shape index (κ2) is 6.99. The van der Waals surface area contributed by atoms with Gasteiger partial charge in [-0.25, -0.2) is 9.97 Å². The zero-order valence-corrected chi connectivity index (χ0v) is 13.6. The lowest BCUT2D eigenvalue weighted by atomic mass is 10.2. The predicted octanol–water partition coefficient (Wildman–Crippen LogP) is 4.85. The van der Waals surface area contributed by atoms with Gasteiger partial charge in [0.1, 0.15) is 34.1 Å². The summed E-state index contributed by atoms with van der Waals surface area (Å²) >= 11 is 5.94. The lowest BCUT2D eigenvalue weighted by molar-refractivity contribution is 0.480. The highest BCUT2D eigenvalue weighted by Gasteiger charge is 2.10. The average Bonchev–Trinajstić information content (AvgIpc) is 2.58. The fraction of sp³-hybridized carbons (Fsp3) is 0.0556. The highest BCUT2D eigenvalue weighted by atomic mass is 35.5. The minimum absolute atomic E-state index is 0.157. The zero-order chi connectivity index (χ0) is 16.9. The number of hydrogen-bond acceptors (Lipinski definition) is 5. The number of pyridine rings is 2. The largest absolute Gasteiger partial charge is 0.456 e. The third kappa shape index (κ3) is 3.45. The third-order valence-electron chi connectivity index (χ3n) is 3.30. The lowest BCUT2D eigenvalue weighted by Crippen LogP contribution is -2.00. The van der Waals surface area contributed by atoms with Crippen molar-refractivity contribution in [3.05, 3.63) is 71.1 Å². The van der Waals surface area contributed by atoms with Gasteiger partial charge < -0.3 is 10.1 Å². The highest BCUT2D eigenvalue weighted by Crippen LogP contribution is 2.28. The molecule has 2 heterocycles. The first-order chi connectivity index (χ1) is 11.7. The first-order valence-corrected chi connectivity index (χ1v) is 7.56. The molecule has 118 valence electrons. The van der Waals surface area contributed by atoms with Crippen molar-refractivity contribution in [2.45, 2.75) is 6.92 Å². The van der Waals surface area contributed by atoms with Crippen LogP contribution in [-0.2, 0) is 0 Å². The van der Waals surface area contributed by atoms with E-state index < -0.39 is 0 Å². The molecule has 0 fully saturated rings. The van der Waals surface area contributed by atoms with Gasteiger partial charge in [-0.1, -0.05) is 29.8 Å². The van der Waals surface area contributed by atoms with E-state index in [-0.39, 0.29) is 10.7 Å². The Balaban J connectivity index is 1.84. The molecule has 6 heteroatoms. The molecule has 0 amide bonds. The molecule has 1 N–H and O–H groups in total. The molecule has 3 aromatic rings. The number of nitrogens with zero attached hydrogens (tertiary/aromatic N) is 3. The molecule has 0 aliphatic heterocycles. The molecule has 0 aliphatic rings. The van der Waals surface area contributed by atoms with E-state index >= 15 is 0 Å². The molecular weight excluding hydrogens is 324 g/mol. The molecule has 0 saturated carbocycles. The zero-order valence-electron chi connectivity index (χ0n) is 12.8. The van der Waals surface area contributed by atoms with Crippen molar-refractivity contribution < 1.29 is 4.74 Å². The Bertz CT molecular complexity index is 907. The molecule has 0 radical (unpaired) electrons. The van der Waals surface area contributed by atoms with E-state index in [1.54, 1.807) is 12.3 Å². The maximum absolute atomic E-state index is 9.20. The third-order valence-corrected chi connectivity index (χ3v) is 3.59. The number of nitrogens with one attached hydrogen (secondary N) is 1. The molecule has 2 aromatic heterocycles. The fourth-order valence-corrected chi connectivity index (χ4v) is 2.34. The summed E-state index contributed by atoms with van der Waals surface area (Å²) in [4.78, 5) is 8.26. The molecule has 0 atom stereocenters. The van der Waals surface area contributed by atoms with Gasteiger partial charge >= 0.3 is 0 Å². The maximum Gasteiger partial charge on any atom is 0.148 e. The van der Waals surface area contributed by atoms with Crippen LogP contribution in [0.15, 0.2) is 54.9 Å². The summed E-state index contributed by atoms with van der Waals surface area (Å²) < 4.78 is 5.75. The van der Waals surface area contributed by atoms with E-state index in [0.29, 0.717) is 17.3 Å². The molecule has 5 nitrogen and oxygen atoms in total. The van der Waals surface area contributed by atoms with Crippen molar-refractivity contribution in [1.82, 2.24) is 9.97 Å². The van der Waals surface area contributed by atoms with Gasteiger partial charge in [0.15, 0.2) is 0 Å². The van der Waals surface area contributed by atoms with Crippen molar-refractivity contribution >= 4 is 23.1 Å². The van der Waals surface area contributed by atoms with Crippen molar-refractivity contribution in [1.29, 1.82) is 5.26 Å². The Kier molecular flexibility index (Phi) is 4.59. The summed E-state index contributed by atoms with van der Waals surface area (Å²) in [5.74, 6) is 2.00. The molecule has 0 unspecified atom stereocenters. The van der Waals surface area contributed by atoms with Crippen LogP contribution >= 0.6 is 11.6 Å². The van der Waals surface area contributed by atoms with Crippen LogP contribution in [0.3, 0.4) is 0 Å². The van der Waals surface area contributed by atoms with Crippen molar-refractivity contribution in [2.24, 2.45) is 0 Å². The number of hydrogen-bond donors (Lipinski definition) is 1. The number of anilines is 2. The van der Waals surface area contributed by atoms with E-state index in [2.05, 4.69) is 15.3 Å². The number of aromatic nitrogens is 2. The van der Waals surface area contributed by atoms with Gasteiger partial charge in [0.05, 0.1) is 11.9 Å². The Morgan fingerprint density at radius 2 is 1.92 bits per heavy atom. The Morgan fingerprint density at radius 1 is 1.12 bits per heavy atom. The van der Waals surface area contributed by atoms with Crippen LogP contribution in [0.4, 0.5) is 11.5 Å². The Hall–Kier alpha value is -3.10. The lowest BCUT2D eigenvalue weighted by Gasteiger charge is -2.12. The molecule has 0 spiro atoms. The van der Waals surface area contributed by atoms with Crippen molar-refractivity contribution in [2.75, 3.05) is 5.32 Å². The van der Waals surface area contributed by atoms with Crippen LogP contribution in [-0.4, -0.2) is 9.97 Å². The summed E-state index contributed by atoms with van der Waals surface area (Å²) in [6, 6.07) is 15.1. The van der Waals surface area contributed by atoms with Gasteiger partial charge in [-0.05, 0) is 36.8 Å². The maximum atomic E-state index is 9.20. The molecule has 0 saturated heterocycles. The molecule has 24 heavy (non-hydrogen) atoms. The van der Waals surface area contributed by atoms with Gasteiger partial charge in [-0.2, -0.15) is 5.26 Å². The van der Waals surface area contributed by atoms with Crippen LogP contribution in [0.25, 0.3) is 0 Å². The number of rotatable bonds is 4. The van der Waals surface area contributed by atoms with E-state index in [9.17, 15) is 5.26 Å². The smallest absolute Gasteiger partial charge is 0.148 e. The second-order valence-electron chi connectivity index (χ2n) is 5.01. The Morgan fingerprint density at radius 3 is 2.62 bits per heavy atom. The first kappa shape index (κ1) is 15.8. The monoisotopic (exact) mass is 336 g/mol. The van der Waals surface area contributed by atoms with Gasteiger partial charge in [0.25, 0.3) is 0 Å². The van der Waals surface area contributed by atoms with Crippen molar-refractivity contribution in [3.8, 4) is 17.6 Å². The van der Waals surface area contributed by atoms with Crippen LogP contribution in [0, 0.1) is 18.3 Å². The van der Waals surface area contributed by atoms with Crippen LogP contribution in [0.2, 0.25) is 5.15 Å². The summed E-state index contributed by atoms with van der Waals surface area (Å²) in [6.07, 6.45) is 3.16. The van der Waals surface area contributed by atoms with Gasteiger partial charge in [0, 0.05) is 6.20 Å². The minimum atomic E-state index is 0.157. The van der Waals surface area contributed by atoms with E-state index in [1.165, 1.54) is 6.20 Å². The number of ether oxygens (including phenoxy) is 1. The summed E-state index contributed by atoms with van der Waals surface area (Å²) in [6.45, 7) is 1.90. The summed E-state index contributed by atoms with van der Waals surface area (Å²) in [5.41, 5.74) is 1.72. The van der Waals surface area contributed by atoms with Gasteiger partial charge in [0.2, 0.25) is 0 Å². The first-order valence-electron chi connectivity index (χ1n) is 7.18. The normalized spacial score (nSPS) is 10.0. The van der Waals surface area contributed by atoms with Crippen LogP contribution in [0.1, 0.15) is 11.1 Å². The van der Waals surface area contributed by atoms with E-state index in [0.717, 1.165) is 11.3 Å². The van der Waals surface area contributed by atoms with Crippen molar-refractivity contribution in [3.63, 3.8) is 0 Å². The van der Waals surface area contributed by atoms with Gasteiger partial charge in [-0.15, -0.1) is 0 Å². The predicted molar refractivity (Wildman–Crippen MR) is 92.7 cm³/mol. The number of para-hydroxylation sites is 1. The number of nitriles is 1. The number of benzene rings is 1. The fourth-order valence-electron chi connectivity index (χ4n) is 2.13. The quantitative estimate of drug-likeness (QED) is 0.690. The molecule has 0 bridgehead atoms. The molecule has 0 aliphatic carbocycles. The number of halogens is 1. The van der Waals surface area contributed by atoms with Crippen LogP contribution < -0.4 is 10.1 Å². The second-order valence-corrected chi connectivity index (χ2v) is 5.37. The molecule has 1 aromatic carbocycles. The summed E-state index contributed by atoms with van der Waals surface area (Å²) in [7, 11) is 0. The molecular formula is C18H13ClN4O. The van der Waals surface area contributed by atoms with Crippen LogP contribution in [0.5, 0.6) is 11.5 Å². The SMILES string of the molecule is Cc1cc(Oc2ccccc2)cnc1Nc1ccnc(Cl)c1C#N. The Labute approximate surface area is 144 Å². The number of aryl methyl sites for hydroxylation is 1. The van der Waals surface area contributed by atoms with E-state index in [1.807, 2.05) is 49.4 Å². The van der Waals surface area contributed by atoms with E-state index in [4.69, 9.17) is 16.3 Å². The summed E-state index contributed by atoms with van der Waals surface area (Å²) in [5, 5.41) is 12.5. The standard InChI is InChI=1S/C18H13ClN4O/c1-12-9-14(24-13-5-3-2-4-6-13)11-22-18(12)23-16-7-8-21-17(19)15(16)10-20/h2-9,11H,1H3,(H,21,22,23). The topological polar surface area (TPSA) is 70.8 Å². The highest BCUT2D eigenvalue weighted by molar-refractivity contribution is 6.30. The molecule has 3 rings (SSSR count). The average molecular weight is 337 g/mol.